The van der Waals surface area contributed by atoms with Crippen molar-refractivity contribution in [1.82, 2.24) is 0 Å². The highest BCUT2D eigenvalue weighted by Gasteiger charge is 2.73. The molecule has 0 saturated heterocycles. The number of hydrogen-bond acceptors (Lipinski definition) is 3. The number of halogens is 4. The van der Waals surface area contributed by atoms with Crippen LogP contribution in [0.5, 0.6) is 0 Å². The topological polar surface area (TPSA) is 51.2 Å². The van der Waals surface area contributed by atoms with Gasteiger partial charge in [0, 0.05) is 24.0 Å². The Morgan fingerprint density at radius 1 is 0.860 bits per heavy atom. The first-order chi connectivity index (χ1) is 20.0. The van der Waals surface area contributed by atoms with Crippen LogP contribution in [0.2, 0.25) is 0 Å². The maximum absolute atomic E-state index is 16.1. The van der Waals surface area contributed by atoms with Gasteiger partial charge in [0.2, 0.25) is 5.67 Å². The highest BCUT2D eigenvalue weighted by atomic mass is 32.2. The summed E-state index contributed by atoms with van der Waals surface area (Å²) in [6.45, 7) is 4.16. The molecule has 4 aliphatic carbocycles. The Morgan fingerprint density at radius 2 is 1.47 bits per heavy atom. The summed E-state index contributed by atoms with van der Waals surface area (Å²) >= 11 is 0. The SMILES string of the molecule is CC12CC(c3ccc(-c4ccc(S(C)(=O)=O)cc4)cc3)C3=C4CCC(=O)C=C4CCC3C1CC[C@@]2(C)C(C)(F)C(F)(F)F. The lowest BCUT2D eigenvalue weighted by molar-refractivity contribution is -0.281. The first-order valence-electron chi connectivity index (χ1n) is 15.1. The Morgan fingerprint density at radius 3 is 2.05 bits per heavy atom. The van der Waals surface area contributed by atoms with Gasteiger partial charge in [-0.05, 0) is 109 Å². The zero-order valence-electron chi connectivity index (χ0n) is 25.0. The van der Waals surface area contributed by atoms with Crippen LogP contribution in [0.25, 0.3) is 11.1 Å². The zero-order chi connectivity index (χ0) is 31.2. The van der Waals surface area contributed by atoms with Crippen LogP contribution in [-0.4, -0.2) is 32.3 Å². The molecule has 8 heteroatoms. The second kappa shape index (κ2) is 9.88. The van der Waals surface area contributed by atoms with Crippen LogP contribution in [0.15, 0.2) is 76.2 Å². The molecular weight excluding hydrogens is 576 g/mol. The van der Waals surface area contributed by atoms with Gasteiger partial charge in [-0.1, -0.05) is 55.8 Å². The lowest BCUT2D eigenvalue weighted by Crippen LogP contribution is -2.59. The van der Waals surface area contributed by atoms with Gasteiger partial charge >= 0.3 is 6.18 Å². The molecule has 2 fully saturated rings. The Bertz CT molecular complexity index is 1630. The fourth-order valence-corrected chi connectivity index (χ4v) is 9.72. The van der Waals surface area contributed by atoms with Gasteiger partial charge in [-0.3, -0.25) is 4.79 Å². The molecule has 0 radical (unpaired) electrons. The van der Waals surface area contributed by atoms with Crippen molar-refractivity contribution in [2.45, 2.75) is 88.4 Å². The van der Waals surface area contributed by atoms with Crippen molar-refractivity contribution in [2.75, 3.05) is 6.26 Å². The molecule has 6 rings (SSSR count). The molecule has 6 atom stereocenters. The molecule has 4 aliphatic rings. The van der Waals surface area contributed by atoms with Crippen LogP contribution in [0.4, 0.5) is 17.6 Å². The second-order valence-corrected chi connectivity index (χ2v) is 15.8. The molecule has 0 aliphatic heterocycles. The number of ketones is 1. The molecule has 43 heavy (non-hydrogen) atoms. The molecule has 0 amide bonds. The number of carbonyl (C=O) groups excluding carboxylic acids is 1. The summed E-state index contributed by atoms with van der Waals surface area (Å²) in [4.78, 5) is 12.6. The van der Waals surface area contributed by atoms with E-state index < -0.39 is 32.5 Å². The number of alkyl halides is 4. The largest absolute Gasteiger partial charge is 0.422 e. The van der Waals surface area contributed by atoms with Gasteiger partial charge in [0.1, 0.15) is 0 Å². The monoisotopic (exact) mass is 614 g/mol. The van der Waals surface area contributed by atoms with E-state index in [1.54, 1.807) is 30.3 Å². The average Bonchev–Trinajstić information content (AvgIpc) is 3.23. The van der Waals surface area contributed by atoms with Crippen LogP contribution < -0.4 is 0 Å². The summed E-state index contributed by atoms with van der Waals surface area (Å²) < 4.78 is 82.8. The molecule has 230 valence electrons. The van der Waals surface area contributed by atoms with E-state index in [1.807, 2.05) is 31.2 Å². The Balaban J connectivity index is 1.45. The van der Waals surface area contributed by atoms with Crippen LogP contribution >= 0.6 is 0 Å². The third kappa shape index (κ3) is 4.57. The van der Waals surface area contributed by atoms with Crippen molar-refractivity contribution in [2.24, 2.45) is 22.7 Å². The number of carbonyl (C=O) groups is 1. The Kier molecular flexibility index (Phi) is 6.96. The van der Waals surface area contributed by atoms with Crippen molar-refractivity contribution < 1.29 is 30.8 Å². The first kappa shape index (κ1) is 30.3. The number of benzene rings is 2. The lowest BCUT2D eigenvalue weighted by Gasteiger charge is -2.58. The summed E-state index contributed by atoms with van der Waals surface area (Å²) in [6.07, 6.45) is 1.63. The first-order valence-corrected chi connectivity index (χ1v) is 17.0. The van der Waals surface area contributed by atoms with E-state index in [9.17, 15) is 26.4 Å². The van der Waals surface area contributed by atoms with Gasteiger partial charge in [-0.2, -0.15) is 13.2 Å². The number of rotatable bonds is 4. The third-order valence-electron chi connectivity index (χ3n) is 11.8. The normalized spacial score (nSPS) is 32.4. The maximum Gasteiger partial charge on any atom is 0.422 e. The molecule has 0 heterocycles. The highest BCUT2D eigenvalue weighted by molar-refractivity contribution is 7.90. The van der Waals surface area contributed by atoms with Crippen molar-refractivity contribution in [3.8, 4) is 11.1 Å². The summed E-state index contributed by atoms with van der Waals surface area (Å²) in [7, 11) is -3.32. The van der Waals surface area contributed by atoms with Crippen LogP contribution in [0.1, 0.15) is 77.2 Å². The van der Waals surface area contributed by atoms with E-state index in [-0.39, 0.29) is 34.9 Å². The molecule has 0 aromatic heterocycles. The van der Waals surface area contributed by atoms with E-state index in [0.717, 1.165) is 42.0 Å². The van der Waals surface area contributed by atoms with Crippen LogP contribution in [0, 0.1) is 22.7 Å². The Hall–Kier alpha value is -2.74. The minimum atomic E-state index is -4.98. The van der Waals surface area contributed by atoms with Gasteiger partial charge in [-0.25, -0.2) is 12.8 Å². The van der Waals surface area contributed by atoms with Crippen molar-refractivity contribution in [3.63, 3.8) is 0 Å². The zero-order valence-corrected chi connectivity index (χ0v) is 25.8. The van der Waals surface area contributed by atoms with E-state index in [0.29, 0.717) is 25.7 Å². The number of hydrogen-bond donors (Lipinski definition) is 0. The molecular formula is C35H38F4O3S. The molecule has 2 saturated carbocycles. The van der Waals surface area contributed by atoms with Gasteiger partial charge in [0.25, 0.3) is 0 Å². The average molecular weight is 615 g/mol. The number of allylic oxidation sites excluding steroid dienone is 4. The smallest absolute Gasteiger partial charge is 0.295 e. The molecule has 2 aromatic carbocycles. The molecule has 5 unspecified atom stereocenters. The molecule has 0 bridgehead atoms. The quantitative estimate of drug-likeness (QED) is 0.323. The lowest BCUT2D eigenvalue weighted by atomic mass is 9.47. The van der Waals surface area contributed by atoms with Crippen molar-refractivity contribution in [3.05, 3.63) is 76.9 Å². The molecule has 3 nitrogen and oxygen atoms in total. The van der Waals surface area contributed by atoms with Gasteiger partial charge < -0.3 is 0 Å². The summed E-state index contributed by atoms with van der Waals surface area (Å²) in [6, 6.07) is 14.6. The summed E-state index contributed by atoms with van der Waals surface area (Å²) in [5, 5.41) is 0. The highest BCUT2D eigenvalue weighted by Crippen LogP contribution is 2.73. The predicted octanol–water partition coefficient (Wildman–Crippen LogP) is 8.95. The second-order valence-electron chi connectivity index (χ2n) is 13.8. The Labute approximate surface area is 251 Å². The number of fused-ring (bicyclic) bond motifs is 4. The van der Waals surface area contributed by atoms with Gasteiger partial charge in [-0.15, -0.1) is 0 Å². The van der Waals surface area contributed by atoms with Crippen molar-refractivity contribution in [1.29, 1.82) is 0 Å². The van der Waals surface area contributed by atoms with Crippen molar-refractivity contribution >= 4 is 15.6 Å². The standard InChI is InChI=1S/C35H38F4O3S/c1-32-20-29(23-7-5-21(6-8-23)22-9-13-26(14-10-22)43(4,41)42)31-27-16-12-25(40)19-24(27)11-15-28(31)30(32)17-18-33(32,2)34(3,36)35(37,38)39/h5-10,13-14,19,28-30H,11-12,15-18,20H2,1-4H3/t28?,29?,30?,32?,33-,34?/m1/s1. The summed E-state index contributed by atoms with van der Waals surface area (Å²) in [5.41, 5.74) is 0.403. The molecule has 0 N–H and O–H groups in total. The fraction of sp³-hybridized carbons (Fsp3) is 0.514. The van der Waals surface area contributed by atoms with E-state index in [2.05, 4.69) is 0 Å². The fourth-order valence-electron chi connectivity index (χ4n) is 9.09. The van der Waals surface area contributed by atoms with Gasteiger partial charge in [0.05, 0.1) is 4.90 Å². The molecule has 2 aromatic rings. The van der Waals surface area contributed by atoms with E-state index >= 15 is 4.39 Å². The third-order valence-corrected chi connectivity index (χ3v) is 13.0. The van der Waals surface area contributed by atoms with Gasteiger partial charge in [0.15, 0.2) is 15.6 Å². The van der Waals surface area contributed by atoms with Crippen LogP contribution in [-0.2, 0) is 14.6 Å². The minimum absolute atomic E-state index is 0.0400. The van der Waals surface area contributed by atoms with E-state index in [1.165, 1.54) is 24.3 Å². The number of sulfone groups is 1. The van der Waals surface area contributed by atoms with Crippen LogP contribution in [0.3, 0.4) is 0 Å². The maximum atomic E-state index is 16.1. The predicted molar refractivity (Wildman–Crippen MR) is 159 cm³/mol. The minimum Gasteiger partial charge on any atom is -0.295 e. The van der Waals surface area contributed by atoms with E-state index in [4.69, 9.17) is 0 Å². The molecule has 0 spiro atoms. The summed E-state index contributed by atoms with van der Waals surface area (Å²) in [5.74, 6) is -0.104.